The smallest absolute Gasteiger partial charge is 0.238 e. The molecule has 0 saturated carbocycles. The lowest BCUT2D eigenvalue weighted by molar-refractivity contribution is 0.950. The fraction of sp³-hybridized carbons (Fsp3) is 0.0727. The number of hydrogen-bond donors (Lipinski definition) is 0. The molecule has 0 aliphatic rings. The highest BCUT2D eigenvalue weighted by molar-refractivity contribution is 6.12. The van der Waals surface area contributed by atoms with Crippen molar-refractivity contribution in [3.05, 3.63) is 192 Å². The van der Waals surface area contributed by atoms with E-state index < -0.39 is 0 Å². The van der Waals surface area contributed by atoms with E-state index in [-0.39, 0.29) is 0 Å². The van der Waals surface area contributed by atoms with E-state index in [1.165, 1.54) is 43.8 Å². The maximum Gasteiger partial charge on any atom is 0.238 e. The average Bonchev–Trinajstić information content (AvgIpc) is 3.91. The maximum absolute atomic E-state index is 5.50. The van der Waals surface area contributed by atoms with Crippen molar-refractivity contribution in [1.29, 1.82) is 0 Å². The lowest BCUT2D eigenvalue weighted by atomic mass is 10.1. The Kier molecular flexibility index (Phi) is 7.69. The van der Waals surface area contributed by atoms with Gasteiger partial charge in [-0.2, -0.15) is 9.97 Å². The van der Waals surface area contributed by atoms with Crippen molar-refractivity contribution >= 4 is 65.4 Å². The summed E-state index contributed by atoms with van der Waals surface area (Å²) in [6.07, 6.45) is 0. The van der Waals surface area contributed by atoms with Crippen LogP contribution in [0.4, 0.5) is 0 Å². The fourth-order valence-electron chi connectivity index (χ4n) is 9.58. The highest BCUT2D eigenvalue weighted by Gasteiger charge is 2.23. The van der Waals surface area contributed by atoms with Crippen LogP contribution in [0.3, 0.4) is 0 Å². The Morgan fingerprint density at radius 2 is 0.623 bits per heavy atom. The molecule has 4 aromatic heterocycles. The number of fused-ring (bicyclic) bond motifs is 9. The third-order valence-corrected chi connectivity index (χ3v) is 12.3. The zero-order valence-electron chi connectivity index (χ0n) is 34.3. The number of rotatable bonds is 5. The highest BCUT2D eigenvalue weighted by Crippen LogP contribution is 2.40. The Balaban J connectivity index is 1.18. The van der Waals surface area contributed by atoms with Gasteiger partial charge >= 0.3 is 0 Å². The van der Waals surface area contributed by atoms with Gasteiger partial charge in [-0.05, 0) is 113 Å². The SMILES string of the molecule is Cc1ccc2c(c1)c1cc(C)ccc1n2-c1ccccc1-c1nc(-c2ccccc2-n2c3ccc(C)cc3c3cc(C)ccc32)nc(-n2c3ccccc3c3ccccc32)n1. The van der Waals surface area contributed by atoms with E-state index >= 15 is 0 Å². The van der Waals surface area contributed by atoms with E-state index in [0.29, 0.717) is 17.6 Å². The summed E-state index contributed by atoms with van der Waals surface area (Å²) in [5.74, 6) is 1.74. The van der Waals surface area contributed by atoms with Crippen LogP contribution in [0.2, 0.25) is 0 Å². The van der Waals surface area contributed by atoms with Crippen LogP contribution in [0, 0.1) is 27.7 Å². The number of aryl methyl sites for hydroxylation is 4. The minimum Gasteiger partial charge on any atom is -0.309 e. The van der Waals surface area contributed by atoms with E-state index in [9.17, 15) is 0 Å². The number of nitrogens with zero attached hydrogens (tertiary/aromatic N) is 6. The van der Waals surface area contributed by atoms with Gasteiger partial charge in [0.25, 0.3) is 0 Å². The maximum atomic E-state index is 5.50. The standard InChI is InChI=1S/C55H40N6/c1-33-21-25-49-41(29-33)42-30-34(2)22-26-50(42)59(49)47-19-11-7-15-39(47)53-56-54(58-55(57-53)61-45-17-9-5-13-37(45)38-14-6-10-18-46(38)61)40-16-8-12-20-48(40)60-51-27-23-35(3)31-43(51)44-32-36(4)24-28-52(44)60/h5-32H,1-4H3. The molecule has 4 heterocycles. The van der Waals surface area contributed by atoms with E-state index in [4.69, 9.17) is 15.0 Å². The summed E-state index contributed by atoms with van der Waals surface area (Å²) < 4.78 is 6.94. The van der Waals surface area contributed by atoms with Crippen LogP contribution in [0.1, 0.15) is 22.3 Å². The van der Waals surface area contributed by atoms with Gasteiger partial charge in [-0.25, -0.2) is 4.98 Å². The average molecular weight is 785 g/mol. The summed E-state index contributed by atoms with van der Waals surface area (Å²) in [4.78, 5) is 16.4. The molecular weight excluding hydrogens is 745 g/mol. The minimum absolute atomic E-state index is 0.559. The van der Waals surface area contributed by atoms with Crippen LogP contribution < -0.4 is 0 Å². The van der Waals surface area contributed by atoms with Gasteiger partial charge in [0.15, 0.2) is 11.6 Å². The Bertz CT molecular complexity index is 3410. The van der Waals surface area contributed by atoms with Crippen LogP contribution >= 0.6 is 0 Å². The highest BCUT2D eigenvalue weighted by atomic mass is 15.2. The van der Waals surface area contributed by atoms with Gasteiger partial charge in [-0.3, -0.25) is 4.57 Å². The molecule has 6 heteroatoms. The molecule has 6 nitrogen and oxygen atoms in total. The quantitative estimate of drug-likeness (QED) is 0.175. The normalized spacial score (nSPS) is 11.9. The van der Waals surface area contributed by atoms with Gasteiger partial charge in [0.05, 0.1) is 44.5 Å². The van der Waals surface area contributed by atoms with Crippen LogP contribution in [0.5, 0.6) is 0 Å². The monoisotopic (exact) mass is 784 g/mol. The molecule has 0 saturated heterocycles. The van der Waals surface area contributed by atoms with Crippen LogP contribution in [-0.4, -0.2) is 28.7 Å². The molecule has 61 heavy (non-hydrogen) atoms. The zero-order chi connectivity index (χ0) is 40.9. The van der Waals surface area contributed by atoms with Crippen LogP contribution in [0.15, 0.2) is 170 Å². The molecule has 0 atom stereocenters. The van der Waals surface area contributed by atoms with Crippen molar-refractivity contribution in [2.45, 2.75) is 27.7 Å². The van der Waals surface area contributed by atoms with E-state index in [1.54, 1.807) is 0 Å². The molecule has 0 unspecified atom stereocenters. The molecule has 0 aliphatic heterocycles. The first-order valence-corrected chi connectivity index (χ1v) is 20.9. The Morgan fingerprint density at radius 1 is 0.295 bits per heavy atom. The van der Waals surface area contributed by atoms with Gasteiger partial charge in [0.2, 0.25) is 5.95 Å². The van der Waals surface area contributed by atoms with Crippen LogP contribution in [-0.2, 0) is 0 Å². The Labute approximate surface area is 352 Å². The number of para-hydroxylation sites is 4. The Hall–Kier alpha value is -7.83. The molecule has 0 fully saturated rings. The summed E-state index contributed by atoms with van der Waals surface area (Å²) in [5.41, 5.74) is 15.4. The number of benzene rings is 8. The van der Waals surface area contributed by atoms with Crippen molar-refractivity contribution in [3.63, 3.8) is 0 Å². The number of hydrogen-bond acceptors (Lipinski definition) is 3. The van der Waals surface area contributed by atoms with Gasteiger partial charge in [-0.1, -0.05) is 107 Å². The molecule has 0 amide bonds. The molecule has 0 radical (unpaired) electrons. The Morgan fingerprint density at radius 3 is 1.02 bits per heavy atom. The summed E-state index contributed by atoms with van der Waals surface area (Å²) in [6, 6.07) is 61.0. The lowest BCUT2D eigenvalue weighted by Crippen LogP contribution is -2.09. The minimum atomic E-state index is 0.559. The molecule has 12 aromatic rings. The van der Waals surface area contributed by atoms with Crippen molar-refractivity contribution in [2.24, 2.45) is 0 Å². The predicted octanol–water partition coefficient (Wildman–Crippen LogP) is 13.7. The second-order valence-corrected chi connectivity index (χ2v) is 16.4. The van der Waals surface area contributed by atoms with Crippen molar-refractivity contribution in [2.75, 3.05) is 0 Å². The van der Waals surface area contributed by atoms with Gasteiger partial charge in [-0.15, -0.1) is 0 Å². The summed E-state index contributed by atoms with van der Waals surface area (Å²) >= 11 is 0. The van der Waals surface area contributed by atoms with E-state index in [1.807, 2.05) is 0 Å². The summed E-state index contributed by atoms with van der Waals surface area (Å²) in [6.45, 7) is 8.64. The van der Waals surface area contributed by atoms with E-state index in [0.717, 1.165) is 66.4 Å². The number of aromatic nitrogens is 6. The summed E-state index contributed by atoms with van der Waals surface area (Å²) in [5, 5.41) is 7.19. The molecule has 0 bridgehead atoms. The van der Waals surface area contributed by atoms with Gasteiger partial charge in [0.1, 0.15) is 0 Å². The topological polar surface area (TPSA) is 53.5 Å². The second kappa shape index (κ2) is 13.3. The van der Waals surface area contributed by atoms with E-state index in [2.05, 4.69) is 211 Å². The summed E-state index contributed by atoms with van der Waals surface area (Å²) in [7, 11) is 0. The first-order valence-electron chi connectivity index (χ1n) is 20.9. The van der Waals surface area contributed by atoms with Gasteiger partial charge in [0, 0.05) is 43.4 Å². The van der Waals surface area contributed by atoms with Crippen molar-refractivity contribution in [3.8, 4) is 40.1 Å². The molecule has 0 spiro atoms. The molecule has 8 aromatic carbocycles. The molecule has 0 aliphatic carbocycles. The lowest BCUT2D eigenvalue weighted by Gasteiger charge is -2.17. The molecule has 0 N–H and O–H groups in total. The van der Waals surface area contributed by atoms with Gasteiger partial charge < -0.3 is 9.13 Å². The second-order valence-electron chi connectivity index (χ2n) is 16.4. The van der Waals surface area contributed by atoms with Crippen LogP contribution in [0.25, 0.3) is 106 Å². The fourth-order valence-corrected chi connectivity index (χ4v) is 9.58. The molecular formula is C55H40N6. The predicted molar refractivity (Wildman–Crippen MR) is 253 cm³/mol. The molecule has 290 valence electrons. The first-order chi connectivity index (χ1) is 29.9. The third kappa shape index (κ3) is 5.38. The zero-order valence-corrected chi connectivity index (χ0v) is 34.3. The first kappa shape index (κ1) is 35.1. The third-order valence-electron chi connectivity index (χ3n) is 12.3. The molecule has 12 rings (SSSR count). The van der Waals surface area contributed by atoms with Crippen molar-refractivity contribution < 1.29 is 0 Å². The van der Waals surface area contributed by atoms with Crippen molar-refractivity contribution in [1.82, 2.24) is 28.7 Å². The largest absolute Gasteiger partial charge is 0.309 e.